The molecule has 0 radical (unpaired) electrons. The standard InChI is InChI=1S/C14H17N3O2/c1-10-5-12(8-15)6-13(16-10)17-4-2-3-11(9-17)7-14(18)19/h5-6,11H,2-4,7,9H2,1H3,(H,18,19). The van der Waals surface area contributed by atoms with Gasteiger partial charge in [-0.2, -0.15) is 5.26 Å². The van der Waals surface area contributed by atoms with Crippen molar-refractivity contribution in [1.82, 2.24) is 4.98 Å². The molecule has 0 bridgehead atoms. The summed E-state index contributed by atoms with van der Waals surface area (Å²) in [7, 11) is 0. The highest BCUT2D eigenvalue weighted by Gasteiger charge is 2.23. The number of anilines is 1. The highest BCUT2D eigenvalue weighted by Crippen LogP contribution is 2.24. The molecule has 1 N–H and O–H groups in total. The van der Waals surface area contributed by atoms with E-state index in [0.29, 0.717) is 12.1 Å². The lowest BCUT2D eigenvalue weighted by molar-refractivity contribution is -0.138. The van der Waals surface area contributed by atoms with Gasteiger partial charge >= 0.3 is 5.97 Å². The fraction of sp³-hybridized carbons (Fsp3) is 0.500. The maximum Gasteiger partial charge on any atom is 0.303 e. The third kappa shape index (κ3) is 3.44. The normalized spacial score (nSPS) is 18.9. The van der Waals surface area contributed by atoms with Crippen LogP contribution in [0.4, 0.5) is 5.82 Å². The topological polar surface area (TPSA) is 77.2 Å². The smallest absolute Gasteiger partial charge is 0.303 e. The van der Waals surface area contributed by atoms with Gasteiger partial charge in [0.05, 0.1) is 11.6 Å². The summed E-state index contributed by atoms with van der Waals surface area (Å²) in [5.41, 5.74) is 1.41. The van der Waals surface area contributed by atoms with Crippen LogP contribution in [0.2, 0.25) is 0 Å². The molecule has 0 aliphatic carbocycles. The largest absolute Gasteiger partial charge is 0.481 e. The Morgan fingerprint density at radius 3 is 3.11 bits per heavy atom. The molecule has 100 valence electrons. The maximum atomic E-state index is 10.8. The van der Waals surface area contributed by atoms with Crippen molar-refractivity contribution in [2.75, 3.05) is 18.0 Å². The van der Waals surface area contributed by atoms with E-state index in [0.717, 1.165) is 30.9 Å². The molecular weight excluding hydrogens is 242 g/mol. The van der Waals surface area contributed by atoms with E-state index in [2.05, 4.69) is 16.0 Å². The molecule has 1 aliphatic heterocycles. The minimum absolute atomic E-state index is 0.166. The first-order valence-corrected chi connectivity index (χ1v) is 6.44. The Labute approximate surface area is 112 Å². The van der Waals surface area contributed by atoms with Crippen LogP contribution < -0.4 is 4.90 Å². The molecular formula is C14H17N3O2. The summed E-state index contributed by atoms with van der Waals surface area (Å²) in [6.45, 7) is 3.44. The number of hydrogen-bond acceptors (Lipinski definition) is 4. The first-order valence-electron chi connectivity index (χ1n) is 6.44. The molecule has 5 heteroatoms. The number of hydrogen-bond donors (Lipinski definition) is 1. The van der Waals surface area contributed by atoms with Crippen molar-refractivity contribution < 1.29 is 9.90 Å². The molecule has 0 saturated carbocycles. The van der Waals surface area contributed by atoms with Crippen molar-refractivity contribution in [3.05, 3.63) is 23.4 Å². The number of rotatable bonds is 3. The van der Waals surface area contributed by atoms with E-state index in [-0.39, 0.29) is 12.3 Å². The average molecular weight is 259 g/mol. The van der Waals surface area contributed by atoms with Gasteiger partial charge in [-0.1, -0.05) is 0 Å². The van der Waals surface area contributed by atoms with Crippen LogP contribution in [-0.2, 0) is 4.79 Å². The van der Waals surface area contributed by atoms with E-state index in [4.69, 9.17) is 10.4 Å². The molecule has 2 rings (SSSR count). The molecule has 0 spiro atoms. The highest BCUT2D eigenvalue weighted by molar-refractivity contribution is 5.67. The number of carbonyl (C=O) groups is 1. The van der Waals surface area contributed by atoms with Crippen molar-refractivity contribution in [2.45, 2.75) is 26.2 Å². The van der Waals surface area contributed by atoms with Gasteiger partial charge in [0.25, 0.3) is 0 Å². The number of carboxylic acid groups (broad SMARTS) is 1. The average Bonchev–Trinajstić information content (AvgIpc) is 2.37. The van der Waals surface area contributed by atoms with E-state index in [1.165, 1.54) is 0 Å². The van der Waals surface area contributed by atoms with Gasteiger partial charge in [0.2, 0.25) is 0 Å². The van der Waals surface area contributed by atoms with E-state index in [1.54, 1.807) is 12.1 Å². The molecule has 1 aliphatic rings. The second kappa shape index (κ2) is 5.70. The minimum Gasteiger partial charge on any atom is -0.481 e. The molecule has 1 saturated heterocycles. The number of aryl methyl sites for hydroxylation is 1. The van der Waals surface area contributed by atoms with Crippen LogP contribution in [0.15, 0.2) is 12.1 Å². The summed E-state index contributed by atoms with van der Waals surface area (Å²) in [5, 5.41) is 17.9. The highest BCUT2D eigenvalue weighted by atomic mass is 16.4. The molecule has 1 aromatic rings. The van der Waals surface area contributed by atoms with Crippen LogP contribution in [0.1, 0.15) is 30.5 Å². The Morgan fingerprint density at radius 1 is 1.63 bits per heavy atom. The lowest BCUT2D eigenvalue weighted by Gasteiger charge is -2.33. The zero-order valence-electron chi connectivity index (χ0n) is 11.0. The minimum atomic E-state index is -0.748. The zero-order chi connectivity index (χ0) is 13.8. The number of aliphatic carboxylic acids is 1. The van der Waals surface area contributed by atoms with Crippen molar-refractivity contribution >= 4 is 11.8 Å². The van der Waals surface area contributed by atoms with Crippen molar-refractivity contribution in [2.24, 2.45) is 5.92 Å². The first kappa shape index (κ1) is 13.3. The van der Waals surface area contributed by atoms with E-state index in [9.17, 15) is 4.79 Å². The van der Waals surface area contributed by atoms with Gasteiger partial charge in [0, 0.05) is 25.2 Å². The molecule has 19 heavy (non-hydrogen) atoms. The summed E-state index contributed by atoms with van der Waals surface area (Å²) in [6, 6.07) is 5.66. The van der Waals surface area contributed by atoms with Crippen LogP contribution in [0.25, 0.3) is 0 Å². The van der Waals surface area contributed by atoms with Crippen molar-refractivity contribution in [3.8, 4) is 6.07 Å². The van der Waals surface area contributed by atoms with Crippen LogP contribution in [0, 0.1) is 24.2 Å². The second-order valence-corrected chi connectivity index (χ2v) is 5.02. The molecule has 0 amide bonds. The van der Waals surface area contributed by atoms with E-state index < -0.39 is 5.97 Å². The van der Waals surface area contributed by atoms with Gasteiger partial charge in [0.1, 0.15) is 5.82 Å². The third-order valence-corrected chi connectivity index (χ3v) is 3.38. The molecule has 0 aromatic carbocycles. The Bertz CT molecular complexity index is 522. The van der Waals surface area contributed by atoms with Gasteiger partial charge < -0.3 is 10.0 Å². The van der Waals surface area contributed by atoms with E-state index in [1.807, 2.05) is 6.92 Å². The lowest BCUT2D eigenvalue weighted by atomic mass is 9.95. The number of carboxylic acids is 1. The van der Waals surface area contributed by atoms with Crippen molar-refractivity contribution in [1.29, 1.82) is 5.26 Å². The number of pyridine rings is 1. The van der Waals surface area contributed by atoms with Gasteiger partial charge in [-0.25, -0.2) is 4.98 Å². The van der Waals surface area contributed by atoms with E-state index >= 15 is 0 Å². The third-order valence-electron chi connectivity index (χ3n) is 3.38. The number of aromatic nitrogens is 1. The SMILES string of the molecule is Cc1cc(C#N)cc(N2CCCC(CC(=O)O)C2)n1. The molecule has 5 nitrogen and oxygen atoms in total. The second-order valence-electron chi connectivity index (χ2n) is 5.02. The maximum absolute atomic E-state index is 10.8. The predicted molar refractivity (Wildman–Crippen MR) is 70.9 cm³/mol. The molecule has 2 heterocycles. The molecule has 1 aromatic heterocycles. The lowest BCUT2D eigenvalue weighted by Crippen LogP contribution is -2.36. The van der Waals surface area contributed by atoms with Crippen LogP contribution >= 0.6 is 0 Å². The quantitative estimate of drug-likeness (QED) is 0.897. The number of nitrogens with zero attached hydrogens (tertiary/aromatic N) is 3. The Balaban J connectivity index is 2.15. The number of piperidine rings is 1. The van der Waals surface area contributed by atoms with Gasteiger partial charge in [0.15, 0.2) is 0 Å². The number of nitriles is 1. The van der Waals surface area contributed by atoms with Gasteiger partial charge in [-0.15, -0.1) is 0 Å². The first-order chi connectivity index (χ1) is 9.08. The van der Waals surface area contributed by atoms with Crippen molar-refractivity contribution in [3.63, 3.8) is 0 Å². The Morgan fingerprint density at radius 2 is 2.42 bits per heavy atom. The summed E-state index contributed by atoms with van der Waals surface area (Å²) < 4.78 is 0. The Kier molecular flexibility index (Phi) is 4.00. The van der Waals surface area contributed by atoms with Crippen LogP contribution in [0.3, 0.4) is 0 Å². The fourth-order valence-electron chi connectivity index (χ4n) is 2.56. The van der Waals surface area contributed by atoms with Gasteiger partial charge in [-0.05, 0) is 37.8 Å². The van der Waals surface area contributed by atoms with Gasteiger partial charge in [-0.3, -0.25) is 4.79 Å². The molecule has 1 fully saturated rings. The Hall–Kier alpha value is -2.09. The van der Waals surface area contributed by atoms with Crippen LogP contribution in [-0.4, -0.2) is 29.1 Å². The molecule has 1 atom stereocenters. The summed E-state index contributed by atoms with van der Waals surface area (Å²) in [6.07, 6.45) is 2.11. The summed E-state index contributed by atoms with van der Waals surface area (Å²) >= 11 is 0. The monoisotopic (exact) mass is 259 g/mol. The zero-order valence-corrected chi connectivity index (χ0v) is 11.0. The van der Waals surface area contributed by atoms with Crippen LogP contribution in [0.5, 0.6) is 0 Å². The summed E-state index contributed by atoms with van der Waals surface area (Å²) in [5.74, 6) is 0.201. The predicted octanol–water partition coefficient (Wildman–Crippen LogP) is 1.95. The summed E-state index contributed by atoms with van der Waals surface area (Å²) in [4.78, 5) is 17.3. The fourth-order valence-corrected chi connectivity index (χ4v) is 2.56. The molecule has 1 unspecified atom stereocenters.